The van der Waals surface area contributed by atoms with Crippen molar-refractivity contribution >= 4 is 23.7 Å². The van der Waals surface area contributed by atoms with Crippen LogP contribution in [0.25, 0.3) is 0 Å². The SMILES string of the molecule is CC(C)(C)c1ccc(CN(C=N)C(N)=O)s1. The summed E-state index contributed by atoms with van der Waals surface area (Å²) in [7, 11) is 0. The third kappa shape index (κ3) is 3.06. The first kappa shape index (κ1) is 12.7. The summed E-state index contributed by atoms with van der Waals surface area (Å²) < 4.78 is 0. The topological polar surface area (TPSA) is 70.2 Å². The molecule has 2 amide bonds. The lowest BCUT2D eigenvalue weighted by atomic mass is 9.95. The summed E-state index contributed by atoms with van der Waals surface area (Å²) in [6.45, 7) is 6.81. The fourth-order valence-electron chi connectivity index (χ4n) is 1.22. The van der Waals surface area contributed by atoms with Crippen molar-refractivity contribution in [1.82, 2.24) is 4.90 Å². The van der Waals surface area contributed by atoms with E-state index in [0.717, 1.165) is 11.2 Å². The van der Waals surface area contributed by atoms with Crippen molar-refractivity contribution in [2.75, 3.05) is 0 Å². The van der Waals surface area contributed by atoms with Gasteiger partial charge < -0.3 is 5.73 Å². The number of nitrogens with zero attached hydrogens (tertiary/aromatic N) is 1. The van der Waals surface area contributed by atoms with E-state index in [1.807, 2.05) is 6.07 Å². The Bertz CT molecular complexity index is 392. The summed E-state index contributed by atoms with van der Waals surface area (Å²) in [5.74, 6) is 0. The van der Waals surface area contributed by atoms with Crippen LogP contribution in [0, 0.1) is 5.41 Å². The Balaban J connectivity index is 2.79. The van der Waals surface area contributed by atoms with Gasteiger partial charge in [0.15, 0.2) is 0 Å². The standard InChI is InChI=1S/C11H17N3OS/c1-11(2,3)9-5-4-8(16-9)6-14(7-12)10(13)15/h4-5,7,12H,6H2,1-3H3,(H2,13,15). The second-order valence-corrected chi connectivity index (χ2v) is 5.78. The van der Waals surface area contributed by atoms with Crippen molar-refractivity contribution in [3.05, 3.63) is 21.9 Å². The molecule has 0 unspecified atom stereocenters. The minimum atomic E-state index is -0.597. The summed E-state index contributed by atoms with van der Waals surface area (Å²) in [6.07, 6.45) is 0.957. The number of hydrogen-bond donors (Lipinski definition) is 2. The molecule has 0 bridgehead atoms. The molecule has 1 heterocycles. The zero-order chi connectivity index (χ0) is 12.3. The average Bonchev–Trinajstić information content (AvgIpc) is 2.61. The van der Waals surface area contributed by atoms with E-state index in [1.54, 1.807) is 11.3 Å². The molecule has 0 aliphatic rings. The first-order chi connectivity index (χ1) is 7.34. The van der Waals surface area contributed by atoms with Gasteiger partial charge in [0.2, 0.25) is 0 Å². The molecular weight excluding hydrogens is 222 g/mol. The highest BCUT2D eigenvalue weighted by Crippen LogP contribution is 2.29. The second-order valence-electron chi connectivity index (χ2n) is 4.61. The van der Waals surface area contributed by atoms with Crippen molar-refractivity contribution in [1.29, 1.82) is 5.41 Å². The van der Waals surface area contributed by atoms with E-state index in [0.29, 0.717) is 6.54 Å². The van der Waals surface area contributed by atoms with E-state index in [2.05, 4.69) is 26.8 Å². The van der Waals surface area contributed by atoms with Crippen LogP contribution in [0.1, 0.15) is 30.5 Å². The van der Waals surface area contributed by atoms with E-state index in [9.17, 15) is 4.79 Å². The molecule has 3 N–H and O–H groups in total. The molecule has 0 aromatic carbocycles. The largest absolute Gasteiger partial charge is 0.351 e. The number of carbonyl (C=O) groups excluding carboxylic acids is 1. The molecule has 0 radical (unpaired) electrons. The third-order valence-electron chi connectivity index (χ3n) is 2.17. The maximum atomic E-state index is 10.9. The molecule has 4 nitrogen and oxygen atoms in total. The van der Waals surface area contributed by atoms with Gasteiger partial charge in [0, 0.05) is 9.75 Å². The number of carbonyl (C=O) groups is 1. The van der Waals surface area contributed by atoms with Crippen molar-refractivity contribution in [2.24, 2.45) is 5.73 Å². The molecule has 1 aromatic rings. The van der Waals surface area contributed by atoms with E-state index < -0.39 is 6.03 Å². The minimum Gasteiger partial charge on any atom is -0.351 e. The van der Waals surface area contributed by atoms with E-state index >= 15 is 0 Å². The molecular formula is C11H17N3OS. The van der Waals surface area contributed by atoms with Gasteiger partial charge in [-0.2, -0.15) is 0 Å². The van der Waals surface area contributed by atoms with Crippen LogP contribution in [-0.2, 0) is 12.0 Å². The van der Waals surface area contributed by atoms with Crippen LogP contribution in [0.4, 0.5) is 4.79 Å². The zero-order valence-electron chi connectivity index (χ0n) is 9.78. The monoisotopic (exact) mass is 239 g/mol. The van der Waals surface area contributed by atoms with Crippen LogP contribution in [-0.4, -0.2) is 17.3 Å². The van der Waals surface area contributed by atoms with Gasteiger partial charge in [0.1, 0.15) is 0 Å². The van der Waals surface area contributed by atoms with Crippen molar-refractivity contribution in [3.8, 4) is 0 Å². The van der Waals surface area contributed by atoms with Crippen LogP contribution in [0.2, 0.25) is 0 Å². The molecule has 0 fully saturated rings. The third-order valence-corrected chi connectivity index (χ3v) is 3.66. The van der Waals surface area contributed by atoms with Crippen molar-refractivity contribution < 1.29 is 4.79 Å². The lowest BCUT2D eigenvalue weighted by molar-refractivity contribution is 0.230. The quantitative estimate of drug-likeness (QED) is 0.617. The fraction of sp³-hybridized carbons (Fsp3) is 0.455. The Morgan fingerprint density at radius 1 is 1.56 bits per heavy atom. The highest BCUT2D eigenvalue weighted by Gasteiger charge is 2.17. The van der Waals surface area contributed by atoms with Gasteiger partial charge in [-0.15, -0.1) is 11.3 Å². The minimum absolute atomic E-state index is 0.116. The Kier molecular flexibility index (Phi) is 3.70. The lowest BCUT2D eigenvalue weighted by Crippen LogP contribution is -2.33. The lowest BCUT2D eigenvalue weighted by Gasteiger charge is -2.16. The number of thiophene rings is 1. The smallest absolute Gasteiger partial charge is 0.320 e. The van der Waals surface area contributed by atoms with Gasteiger partial charge in [-0.1, -0.05) is 20.8 Å². The molecule has 0 aliphatic carbocycles. The van der Waals surface area contributed by atoms with Gasteiger partial charge in [-0.3, -0.25) is 10.3 Å². The summed E-state index contributed by atoms with van der Waals surface area (Å²) >= 11 is 1.65. The number of nitrogens with one attached hydrogen (secondary N) is 1. The maximum absolute atomic E-state index is 10.9. The first-order valence-electron chi connectivity index (χ1n) is 5.00. The van der Waals surface area contributed by atoms with Gasteiger partial charge in [-0.05, 0) is 17.5 Å². The molecule has 0 atom stereocenters. The molecule has 0 spiro atoms. The maximum Gasteiger partial charge on any atom is 0.320 e. The number of amides is 2. The number of rotatable bonds is 3. The summed E-state index contributed by atoms with van der Waals surface area (Å²) in [6, 6.07) is 3.44. The van der Waals surface area contributed by atoms with E-state index in [-0.39, 0.29) is 5.41 Å². The highest BCUT2D eigenvalue weighted by molar-refractivity contribution is 7.12. The normalized spacial score (nSPS) is 11.2. The number of urea groups is 1. The Morgan fingerprint density at radius 3 is 2.56 bits per heavy atom. The molecule has 0 saturated carbocycles. The van der Waals surface area contributed by atoms with E-state index in [4.69, 9.17) is 11.1 Å². The first-order valence-corrected chi connectivity index (χ1v) is 5.82. The van der Waals surface area contributed by atoms with Crippen molar-refractivity contribution in [2.45, 2.75) is 32.7 Å². The van der Waals surface area contributed by atoms with Crippen LogP contribution in [0.5, 0.6) is 0 Å². The Morgan fingerprint density at radius 2 is 2.19 bits per heavy atom. The predicted molar refractivity (Wildman–Crippen MR) is 66.9 cm³/mol. The van der Waals surface area contributed by atoms with Crippen LogP contribution >= 0.6 is 11.3 Å². The van der Waals surface area contributed by atoms with Gasteiger partial charge in [0.25, 0.3) is 0 Å². The average molecular weight is 239 g/mol. The molecule has 5 heteroatoms. The predicted octanol–water partition coefficient (Wildman–Crippen LogP) is 2.53. The molecule has 1 rings (SSSR count). The van der Waals surface area contributed by atoms with Crippen LogP contribution < -0.4 is 5.73 Å². The summed E-state index contributed by atoms with van der Waals surface area (Å²) in [5, 5.41) is 7.07. The van der Waals surface area contributed by atoms with Crippen molar-refractivity contribution in [3.63, 3.8) is 0 Å². The number of hydrogen-bond acceptors (Lipinski definition) is 3. The van der Waals surface area contributed by atoms with Gasteiger partial charge in [-0.25, -0.2) is 4.79 Å². The Hall–Kier alpha value is -1.36. The summed E-state index contributed by atoms with van der Waals surface area (Å²) in [4.78, 5) is 14.4. The zero-order valence-corrected chi connectivity index (χ0v) is 10.6. The molecule has 0 saturated heterocycles. The molecule has 16 heavy (non-hydrogen) atoms. The molecule has 0 aliphatic heterocycles. The number of primary amides is 1. The van der Waals surface area contributed by atoms with Gasteiger partial charge >= 0.3 is 6.03 Å². The Labute approximate surface area is 99.6 Å². The fourth-order valence-corrected chi connectivity index (χ4v) is 2.29. The van der Waals surface area contributed by atoms with Crippen LogP contribution in [0.3, 0.4) is 0 Å². The van der Waals surface area contributed by atoms with Gasteiger partial charge in [0.05, 0.1) is 12.9 Å². The number of nitrogens with two attached hydrogens (primary N) is 1. The second kappa shape index (κ2) is 4.65. The molecule has 1 aromatic heterocycles. The highest BCUT2D eigenvalue weighted by atomic mass is 32.1. The summed E-state index contributed by atoms with van der Waals surface area (Å²) in [5.41, 5.74) is 5.24. The van der Waals surface area contributed by atoms with Crippen LogP contribution in [0.15, 0.2) is 12.1 Å². The molecule has 88 valence electrons. The van der Waals surface area contributed by atoms with E-state index in [1.165, 1.54) is 9.78 Å².